The molecule has 6 nitrogen and oxygen atoms in total. The SMILES string of the molecule is O=C(CN[C@H](c1ccccc1)c1ccco1)N1CCN(c2ccccn2)CC1. The number of amides is 1. The zero-order chi connectivity index (χ0) is 19.2. The number of benzene rings is 1. The maximum absolute atomic E-state index is 12.7. The Balaban J connectivity index is 1.34. The van der Waals surface area contributed by atoms with Gasteiger partial charge in [0.15, 0.2) is 0 Å². The van der Waals surface area contributed by atoms with Crippen molar-refractivity contribution in [3.63, 3.8) is 0 Å². The number of hydrogen-bond donors (Lipinski definition) is 1. The summed E-state index contributed by atoms with van der Waals surface area (Å²) in [5, 5.41) is 3.37. The number of anilines is 1. The molecule has 3 aromatic rings. The van der Waals surface area contributed by atoms with Crippen LogP contribution in [0.3, 0.4) is 0 Å². The third-order valence-electron chi connectivity index (χ3n) is 5.02. The zero-order valence-corrected chi connectivity index (χ0v) is 15.7. The third kappa shape index (κ3) is 4.23. The van der Waals surface area contributed by atoms with Crippen LogP contribution in [-0.4, -0.2) is 48.5 Å². The fraction of sp³-hybridized carbons (Fsp3) is 0.273. The number of aromatic nitrogens is 1. The van der Waals surface area contributed by atoms with E-state index in [1.807, 2.05) is 65.6 Å². The van der Waals surface area contributed by atoms with Crippen molar-refractivity contribution in [2.24, 2.45) is 0 Å². The monoisotopic (exact) mass is 376 g/mol. The van der Waals surface area contributed by atoms with Gasteiger partial charge in [-0.05, 0) is 29.8 Å². The zero-order valence-electron chi connectivity index (χ0n) is 15.7. The molecule has 1 amide bonds. The van der Waals surface area contributed by atoms with Crippen LogP contribution >= 0.6 is 0 Å². The molecule has 1 fully saturated rings. The topological polar surface area (TPSA) is 61.6 Å². The Morgan fingerprint density at radius 2 is 1.79 bits per heavy atom. The van der Waals surface area contributed by atoms with Gasteiger partial charge in [0.25, 0.3) is 0 Å². The molecule has 28 heavy (non-hydrogen) atoms. The average molecular weight is 376 g/mol. The molecule has 1 N–H and O–H groups in total. The molecule has 1 saturated heterocycles. The van der Waals surface area contributed by atoms with Crippen LogP contribution in [0, 0.1) is 0 Å². The van der Waals surface area contributed by atoms with E-state index in [0.717, 1.165) is 30.2 Å². The molecule has 1 aliphatic heterocycles. The van der Waals surface area contributed by atoms with E-state index in [2.05, 4.69) is 15.2 Å². The molecule has 3 heterocycles. The van der Waals surface area contributed by atoms with Crippen molar-refractivity contribution in [2.45, 2.75) is 6.04 Å². The van der Waals surface area contributed by atoms with Crippen molar-refractivity contribution in [3.8, 4) is 0 Å². The Hall–Kier alpha value is -3.12. The Labute approximate surface area is 164 Å². The Bertz CT molecular complexity index is 860. The second-order valence-electron chi connectivity index (χ2n) is 6.80. The number of hydrogen-bond acceptors (Lipinski definition) is 5. The van der Waals surface area contributed by atoms with Crippen molar-refractivity contribution < 1.29 is 9.21 Å². The van der Waals surface area contributed by atoms with Gasteiger partial charge in [-0.2, -0.15) is 0 Å². The van der Waals surface area contributed by atoms with Crippen molar-refractivity contribution in [2.75, 3.05) is 37.6 Å². The predicted molar refractivity (Wildman–Crippen MR) is 108 cm³/mol. The van der Waals surface area contributed by atoms with Crippen LogP contribution in [-0.2, 0) is 4.79 Å². The minimum Gasteiger partial charge on any atom is -0.467 e. The molecule has 0 spiro atoms. The summed E-state index contributed by atoms with van der Waals surface area (Å²) in [5.74, 6) is 1.88. The fourth-order valence-electron chi connectivity index (χ4n) is 3.51. The average Bonchev–Trinajstić information content (AvgIpc) is 3.30. The van der Waals surface area contributed by atoms with Crippen molar-refractivity contribution in [1.29, 1.82) is 0 Å². The Kier molecular flexibility index (Phi) is 5.68. The highest BCUT2D eigenvalue weighted by molar-refractivity contribution is 5.78. The molecular weight excluding hydrogens is 352 g/mol. The van der Waals surface area contributed by atoms with Gasteiger partial charge in [-0.1, -0.05) is 36.4 Å². The molecule has 0 saturated carbocycles. The van der Waals surface area contributed by atoms with Gasteiger partial charge in [0.1, 0.15) is 11.6 Å². The summed E-state index contributed by atoms with van der Waals surface area (Å²) in [6.07, 6.45) is 3.46. The van der Waals surface area contributed by atoms with Crippen LogP contribution in [0.5, 0.6) is 0 Å². The molecule has 4 rings (SSSR count). The lowest BCUT2D eigenvalue weighted by molar-refractivity contribution is -0.130. The number of carbonyl (C=O) groups excluding carboxylic acids is 1. The Morgan fingerprint density at radius 1 is 1.00 bits per heavy atom. The number of rotatable bonds is 6. The lowest BCUT2D eigenvalue weighted by atomic mass is 10.0. The summed E-state index contributed by atoms with van der Waals surface area (Å²) >= 11 is 0. The van der Waals surface area contributed by atoms with Gasteiger partial charge >= 0.3 is 0 Å². The second-order valence-corrected chi connectivity index (χ2v) is 6.80. The molecule has 0 radical (unpaired) electrons. The van der Waals surface area contributed by atoms with Crippen LogP contribution in [0.15, 0.2) is 77.5 Å². The second kappa shape index (κ2) is 8.71. The first-order valence-corrected chi connectivity index (χ1v) is 9.57. The highest BCUT2D eigenvalue weighted by Crippen LogP contribution is 2.22. The van der Waals surface area contributed by atoms with E-state index < -0.39 is 0 Å². The summed E-state index contributed by atoms with van der Waals surface area (Å²) in [5.41, 5.74) is 1.07. The number of pyridine rings is 1. The molecule has 0 unspecified atom stereocenters. The van der Waals surface area contributed by atoms with E-state index in [-0.39, 0.29) is 18.5 Å². The summed E-state index contributed by atoms with van der Waals surface area (Å²) in [7, 11) is 0. The minimum absolute atomic E-state index is 0.105. The van der Waals surface area contributed by atoms with Crippen LogP contribution in [0.25, 0.3) is 0 Å². The normalized spacial score (nSPS) is 15.4. The first-order chi connectivity index (χ1) is 13.8. The van der Waals surface area contributed by atoms with E-state index >= 15 is 0 Å². The van der Waals surface area contributed by atoms with Gasteiger partial charge in [0.2, 0.25) is 5.91 Å². The van der Waals surface area contributed by atoms with E-state index in [1.54, 1.807) is 12.5 Å². The van der Waals surface area contributed by atoms with Crippen molar-refractivity contribution in [3.05, 3.63) is 84.4 Å². The van der Waals surface area contributed by atoms with Gasteiger partial charge in [0, 0.05) is 32.4 Å². The van der Waals surface area contributed by atoms with Crippen LogP contribution < -0.4 is 10.2 Å². The molecule has 1 aliphatic rings. The van der Waals surface area contributed by atoms with Crippen molar-refractivity contribution >= 4 is 11.7 Å². The molecule has 6 heteroatoms. The lowest BCUT2D eigenvalue weighted by Crippen LogP contribution is -2.51. The van der Waals surface area contributed by atoms with Gasteiger partial charge in [-0.15, -0.1) is 0 Å². The number of carbonyl (C=O) groups is 1. The molecule has 2 aromatic heterocycles. The smallest absolute Gasteiger partial charge is 0.236 e. The highest BCUT2D eigenvalue weighted by Gasteiger charge is 2.23. The fourth-order valence-corrected chi connectivity index (χ4v) is 3.51. The van der Waals surface area contributed by atoms with Gasteiger partial charge in [0.05, 0.1) is 18.8 Å². The predicted octanol–water partition coefficient (Wildman–Crippen LogP) is 2.70. The van der Waals surface area contributed by atoms with Crippen LogP contribution in [0.4, 0.5) is 5.82 Å². The van der Waals surface area contributed by atoms with E-state index in [0.29, 0.717) is 13.1 Å². The first kappa shape index (κ1) is 18.3. The van der Waals surface area contributed by atoms with E-state index in [1.165, 1.54) is 0 Å². The van der Waals surface area contributed by atoms with Gasteiger partial charge in [-0.25, -0.2) is 4.98 Å². The Morgan fingerprint density at radius 3 is 2.46 bits per heavy atom. The van der Waals surface area contributed by atoms with E-state index in [9.17, 15) is 4.79 Å². The largest absolute Gasteiger partial charge is 0.467 e. The molecule has 0 bridgehead atoms. The quantitative estimate of drug-likeness (QED) is 0.717. The first-order valence-electron chi connectivity index (χ1n) is 9.57. The number of nitrogens with one attached hydrogen (secondary N) is 1. The molecule has 1 aromatic carbocycles. The number of furan rings is 1. The summed E-state index contributed by atoms with van der Waals surface area (Å²) in [6.45, 7) is 3.26. The summed E-state index contributed by atoms with van der Waals surface area (Å²) < 4.78 is 5.59. The molecule has 0 aliphatic carbocycles. The van der Waals surface area contributed by atoms with Crippen LogP contribution in [0.2, 0.25) is 0 Å². The van der Waals surface area contributed by atoms with Crippen molar-refractivity contribution in [1.82, 2.24) is 15.2 Å². The standard InChI is InChI=1S/C22H24N4O2/c27-21(26-14-12-25(13-15-26)20-10-4-5-11-23-20)17-24-22(19-9-6-16-28-19)18-7-2-1-3-8-18/h1-11,16,22,24H,12-15,17H2/t22-/m1/s1. The van der Waals surface area contributed by atoms with Gasteiger partial charge < -0.3 is 14.2 Å². The minimum atomic E-state index is -0.144. The van der Waals surface area contributed by atoms with Gasteiger partial charge in [-0.3, -0.25) is 10.1 Å². The summed E-state index contributed by atoms with van der Waals surface area (Å²) in [4.78, 5) is 21.3. The maximum atomic E-state index is 12.7. The number of nitrogens with zero attached hydrogens (tertiary/aromatic N) is 3. The lowest BCUT2D eigenvalue weighted by Gasteiger charge is -2.35. The maximum Gasteiger partial charge on any atom is 0.236 e. The highest BCUT2D eigenvalue weighted by atomic mass is 16.3. The number of piperazine rings is 1. The molecular formula is C22H24N4O2. The third-order valence-corrected chi connectivity index (χ3v) is 5.02. The summed E-state index contributed by atoms with van der Waals surface area (Å²) in [6, 6.07) is 19.6. The molecule has 144 valence electrons. The molecule has 1 atom stereocenters. The van der Waals surface area contributed by atoms with E-state index in [4.69, 9.17) is 4.42 Å². The van der Waals surface area contributed by atoms with Crippen LogP contribution in [0.1, 0.15) is 17.4 Å².